The number of allylic oxidation sites excluding steroid dienone is 5. The van der Waals surface area contributed by atoms with Gasteiger partial charge in [-0.05, 0) is 81.1 Å². The van der Waals surface area contributed by atoms with Crippen LogP contribution in [0.3, 0.4) is 0 Å². The molecule has 47 heavy (non-hydrogen) atoms. The highest BCUT2D eigenvalue weighted by atomic mass is 16.6. The minimum Gasteiger partial charge on any atom is -0.507 e. The van der Waals surface area contributed by atoms with Gasteiger partial charge in [0.2, 0.25) is 0 Å². The number of hydrogen-bond donors (Lipinski definition) is 3. The van der Waals surface area contributed by atoms with Crippen molar-refractivity contribution in [3.63, 3.8) is 0 Å². The monoisotopic (exact) mass is 646 g/mol. The van der Waals surface area contributed by atoms with Gasteiger partial charge >= 0.3 is 5.97 Å². The van der Waals surface area contributed by atoms with E-state index in [2.05, 4.69) is 6.08 Å². The Kier molecular flexibility index (Phi) is 7.72. The summed E-state index contributed by atoms with van der Waals surface area (Å²) in [6, 6.07) is 0. The first-order valence-corrected chi connectivity index (χ1v) is 16.5. The summed E-state index contributed by atoms with van der Waals surface area (Å²) in [5.74, 6) is -2.63. The molecule has 2 fully saturated rings. The van der Waals surface area contributed by atoms with E-state index in [1.165, 1.54) is 13.0 Å². The molecule has 7 rings (SSSR count). The molecule has 1 saturated heterocycles. The van der Waals surface area contributed by atoms with E-state index in [0.29, 0.717) is 42.6 Å². The van der Waals surface area contributed by atoms with Crippen LogP contribution in [-0.4, -0.2) is 61.4 Å². The van der Waals surface area contributed by atoms with Crippen molar-refractivity contribution in [2.75, 3.05) is 0 Å². The van der Waals surface area contributed by atoms with Crippen molar-refractivity contribution in [2.45, 2.75) is 122 Å². The summed E-state index contributed by atoms with van der Waals surface area (Å²) in [6.07, 6.45) is 8.21. The lowest BCUT2D eigenvalue weighted by molar-refractivity contribution is -0.171. The molecule has 0 radical (unpaired) electrons. The molecule has 1 aromatic rings. The number of aliphatic carboxylic acids is 1. The van der Waals surface area contributed by atoms with Crippen LogP contribution in [0.25, 0.3) is 0 Å². The smallest absolute Gasteiger partial charge is 0.330 e. The lowest BCUT2D eigenvalue weighted by Gasteiger charge is -2.56. The lowest BCUT2D eigenvalue weighted by atomic mass is 9.51. The van der Waals surface area contributed by atoms with E-state index in [9.17, 15) is 29.7 Å². The van der Waals surface area contributed by atoms with Gasteiger partial charge in [0.05, 0.1) is 11.7 Å². The number of hydrogen-bond acceptors (Lipinski definition) is 8. The first kappa shape index (κ1) is 33.2. The number of aliphatic hydroxyl groups excluding tert-OH is 1. The highest BCUT2D eigenvalue weighted by Crippen LogP contribution is 2.68. The maximum atomic E-state index is 14.8. The van der Waals surface area contributed by atoms with Gasteiger partial charge in [0.1, 0.15) is 28.4 Å². The van der Waals surface area contributed by atoms with Crippen LogP contribution in [0.1, 0.15) is 103 Å². The van der Waals surface area contributed by atoms with Crippen LogP contribution in [0, 0.1) is 11.8 Å². The van der Waals surface area contributed by atoms with E-state index in [-0.39, 0.29) is 46.8 Å². The summed E-state index contributed by atoms with van der Waals surface area (Å²) >= 11 is 0. The highest BCUT2D eigenvalue weighted by molar-refractivity contribution is 6.18. The maximum absolute atomic E-state index is 14.8. The first-order valence-electron chi connectivity index (χ1n) is 16.5. The third-order valence-electron chi connectivity index (χ3n) is 11.0. The molecule has 6 atom stereocenters. The molecule has 1 saturated carbocycles. The minimum atomic E-state index is -1.66. The number of ketones is 2. The third-order valence-corrected chi connectivity index (χ3v) is 11.0. The number of carboxylic acid groups (broad SMARTS) is 1. The zero-order valence-electron chi connectivity index (χ0n) is 28.6. The van der Waals surface area contributed by atoms with Gasteiger partial charge in [-0.15, -0.1) is 0 Å². The molecule has 0 aromatic heterocycles. The number of rotatable bonds is 8. The molecule has 3 heterocycles. The molecule has 3 aliphatic carbocycles. The third kappa shape index (κ3) is 4.67. The number of Topliss-reactive ketones (excluding diaryl/α,β-unsaturated/α-hetero) is 2. The molecule has 4 bridgehead atoms. The quantitative estimate of drug-likeness (QED) is 0.225. The SMILES string of the molecule is CC(C)=CCC[C@@]1(C)Oc2c(c(O)c3c(c2CC=C(C)C)O[C@]24C(=C[C@@H]5CC2C(C)(C)O[C@@]4(C/C=C(\C)C(=O)O)C5=O)C3=O)C[C@H]1O. The van der Waals surface area contributed by atoms with Gasteiger partial charge < -0.3 is 29.5 Å². The number of benzene rings is 1. The molecule has 9 heteroatoms. The van der Waals surface area contributed by atoms with Gasteiger partial charge in [0.15, 0.2) is 22.8 Å². The van der Waals surface area contributed by atoms with E-state index in [1.54, 1.807) is 6.08 Å². The Morgan fingerprint density at radius 3 is 2.32 bits per heavy atom. The second-order valence-electron chi connectivity index (χ2n) is 15.2. The van der Waals surface area contributed by atoms with E-state index in [4.69, 9.17) is 14.2 Å². The van der Waals surface area contributed by atoms with Gasteiger partial charge in [0.25, 0.3) is 0 Å². The molecule has 6 aliphatic rings. The molecular formula is C38H46O9. The summed E-state index contributed by atoms with van der Waals surface area (Å²) in [6.45, 7) is 15.0. The summed E-state index contributed by atoms with van der Waals surface area (Å²) < 4.78 is 20.5. The summed E-state index contributed by atoms with van der Waals surface area (Å²) in [7, 11) is 0. The van der Waals surface area contributed by atoms with Gasteiger partial charge in [-0.2, -0.15) is 0 Å². The van der Waals surface area contributed by atoms with E-state index in [1.807, 2.05) is 54.5 Å². The fourth-order valence-electron chi connectivity index (χ4n) is 8.52. The lowest BCUT2D eigenvalue weighted by Crippen LogP contribution is -2.72. The van der Waals surface area contributed by atoms with Crippen LogP contribution < -0.4 is 9.47 Å². The maximum Gasteiger partial charge on any atom is 0.330 e. The number of carboxylic acids is 1. The number of ether oxygens (including phenoxy) is 3. The Hall–Kier alpha value is -3.69. The van der Waals surface area contributed by atoms with E-state index >= 15 is 0 Å². The Labute approximate surface area is 276 Å². The summed E-state index contributed by atoms with van der Waals surface area (Å²) in [5, 5.41) is 32.8. The Balaban J connectivity index is 1.59. The standard InChI is InChI=1S/C38H46O9/c1-19(2)10-9-14-36(8)27(39)18-24-29(40)28-30(41)25-16-22-17-26-35(6,7)47-37(33(22)42,15-13-21(5)34(43)44)38(25,26)46-32(28)23(31(24)45-36)12-11-20(3)4/h10-11,13,16,22,26-27,39-40H,9,12,14-15,17-18H2,1-8H3,(H,43,44)/b21-13+/t22-,26?,27-,36-,37+,38-/m1/s1. The number of phenols is 1. The second-order valence-corrected chi connectivity index (χ2v) is 15.2. The number of phenolic OH excluding ortho intramolecular Hbond substituents is 1. The topological polar surface area (TPSA) is 140 Å². The zero-order valence-corrected chi connectivity index (χ0v) is 28.6. The predicted octanol–water partition coefficient (Wildman–Crippen LogP) is 6.13. The van der Waals surface area contributed by atoms with Crippen LogP contribution >= 0.6 is 0 Å². The molecular weight excluding hydrogens is 600 g/mol. The van der Waals surface area contributed by atoms with Crippen molar-refractivity contribution in [1.29, 1.82) is 0 Å². The fourth-order valence-corrected chi connectivity index (χ4v) is 8.52. The average Bonchev–Trinajstić information content (AvgIpc) is 3.13. The fraction of sp³-hybridized carbons (Fsp3) is 0.553. The van der Waals surface area contributed by atoms with Gasteiger partial charge in [-0.3, -0.25) is 9.59 Å². The van der Waals surface area contributed by atoms with Crippen molar-refractivity contribution >= 4 is 17.5 Å². The number of aromatic hydroxyl groups is 1. The van der Waals surface area contributed by atoms with Gasteiger partial charge in [0, 0.05) is 47.0 Å². The second kappa shape index (κ2) is 10.9. The first-order chi connectivity index (χ1) is 21.9. The Morgan fingerprint density at radius 2 is 1.68 bits per heavy atom. The zero-order chi connectivity index (χ0) is 34.4. The number of carbonyl (C=O) groups excluding carboxylic acids is 2. The molecule has 1 aromatic carbocycles. The normalized spacial score (nSPS) is 32.7. The Morgan fingerprint density at radius 1 is 1.00 bits per heavy atom. The average molecular weight is 647 g/mol. The summed E-state index contributed by atoms with van der Waals surface area (Å²) in [4.78, 5) is 40.9. The van der Waals surface area contributed by atoms with Crippen LogP contribution in [0.15, 0.2) is 46.6 Å². The molecule has 1 spiro atoms. The number of carbonyl (C=O) groups is 3. The highest BCUT2D eigenvalue weighted by Gasteiger charge is 2.81. The van der Waals surface area contributed by atoms with Crippen LogP contribution in [-0.2, 0) is 27.2 Å². The van der Waals surface area contributed by atoms with Crippen molar-refractivity contribution in [3.8, 4) is 17.2 Å². The molecule has 3 N–H and O–H groups in total. The van der Waals surface area contributed by atoms with Crippen molar-refractivity contribution in [3.05, 3.63) is 63.3 Å². The van der Waals surface area contributed by atoms with Crippen molar-refractivity contribution in [2.24, 2.45) is 11.8 Å². The molecule has 252 valence electrons. The molecule has 0 amide bonds. The van der Waals surface area contributed by atoms with Crippen LogP contribution in [0.4, 0.5) is 0 Å². The van der Waals surface area contributed by atoms with Gasteiger partial charge in [-0.1, -0.05) is 35.5 Å². The van der Waals surface area contributed by atoms with Gasteiger partial charge in [-0.25, -0.2) is 4.79 Å². The van der Waals surface area contributed by atoms with E-state index in [0.717, 1.165) is 11.1 Å². The Bertz CT molecular complexity index is 1720. The van der Waals surface area contributed by atoms with Crippen molar-refractivity contribution < 1.29 is 43.9 Å². The number of aliphatic hydroxyl groups is 1. The molecule has 3 aliphatic heterocycles. The minimum absolute atomic E-state index is 0.00802. The number of fused-ring (bicyclic) bond motifs is 2. The van der Waals surface area contributed by atoms with E-state index < -0.39 is 52.1 Å². The van der Waals surface area contributed by atoms with Crippen molar-refractivity contribution in [1.82, 2.24) is 0 Å². The predicted molar refractivity (Wildman–Crippen MR) is 175 cm³/mol. The largest absolute Gasteiger partial charge is 0.507 e. The summed E-state index contributed by atoms with van der Waals surface area (Å²) in [5.41, 5.74) is -1.70. The van der Waals surface area contributed by atoms with Crippen LogP contribution in [0.5, 0.6) is 17.2 Å². The van der Waals surface area contributed by atoms with Crippen LogP contribution in [0.2, 0.25) is 0 Å². The molecule has 9 nitrogen and oxygen atoms in total. The molecule has 1 unspecified atom stereocenters.